The van der Waals surface area contributed by atoms with Crippen molar-refractivity contribution in [1.29, 1.82) is 0 Å². The first-order valence-corrected chi connectivity index (χ1v) is 7.90. The van der Waals surface area contributed by atoms with Crippen LogP contribution >= 0.6 is 11.6 Å². The second-order valence-corrected chi connectivity index (χ2v) is 6.03. The Hall–Kier alpha value is -2.66. The molecule has 0 saturated carbocycles. The Balaban J connectivity index is 1.91. The van der Waals surface area contributed by atoms with Crippen molar-refractivity contribution in [1.82, 2.24) is 4.98 Å². The van der Waals surface area contributed by atoms with E-state index in [-0.39, 0.29) is 11.7 Å². The molecule has 2 aromatic rings. The van der Waals surface area contributed by atoms with Crippen molar-refractivity contribution in [2.45, 2.75) is 19.9 Å². The van der Waals surface area contributed by atoms with E-state index in [1.165, 1.54) is 12.1 Å². The average Bonchev–Trinajstić information content (AvgIpc) is 2.54. The number of hydrogen-bond acceptors (Lipinski definition) is 4. The fourth-order valence-electron chi connectivity index (χ4n) is 2.71. The third-order valence-electron chi connectivity index (χ3n) is 3.86. The van der Waals surface area contributed by atoms with Gasteiger partial charge in [0.25, 0.3) is 5.69 Å². The van der Waals surface area contributed by atoms with Gasteiger partial charge in [-0.25, -0.2) is 4.98 Å². The number of benzene rings is 1. The molecule has 0 N–H and O–H groups in total. The Labute approximate surface area is 145 Å². The summed E-state index contributed by atoms with van der Waals surface area (Å²) in [5.41, 5.74) is 2.83. The van der Waals surface area contributed by atoms with Crippen LogP contribution in [0.2, 0.25) is 0 Å². The molecule has 5 nitrogen and oxygen atoms in total. The summed E-state index contributed by atoms with van der Waals surface area (Å²) in [6, 6.07) is 12.3. The fraction of sp³-hybridized carbons (Fsp3) is 0.167. The standard InChI is InChI=1S/C18H16ClN3O2/c1-12-4-3-5-18(20-12)21-13(2)10-15(11-17(21)19)14-6-8-16(9-7-14)22(23)24/h3-11,13H,1-2H3. The van der Waals surface area contributed by atoms with Crippen molar-refractivity contribution in [3.63, 3.8) is 0 Å². The number of halogens is 1. The van der Waals surface area contributed by atoms with Crippen molar-refractivity contribution in [2.24, 2.45) is 0 Å². The first-order chi connectivity index (χ1) is 11.5. The minimum Gasteiger partial charge on any atom is -0.310 e. The third kappa shape index (κ3) is 3.16. The molecule has 1 aliphatic rings. The van der Waals surface area contributed by atoms with E-state index in [2.05, 4.69) is 11.1 Å². The van der Waals surface area contributed by atoms with Gasteiger partial charge in [-0.15, -0.1) is 0 Å². The molecular formula is C18H16ClN3O2. The molecule has 122 valence electrons. The number of aryl methyl sites for hydroxylation is 1. The summed E-state index contributed by atoms with van der Waals surface area (Å²) >= 11 is 6.49. The monoisotopic (exact) mass is 341 g/mol. The zero-order chi connectivity index (χ0) is 17.3. The molecule has 24 heavy (non-hydrogen) atoms. The number of allylic oxidation sites excluding steroid dienone is 2. The van der Waals surface area contributed by atoms with Crippen LogP contribution in [-0.2, 0) is 0 Å². The summed E-state index contributed by atoms with van der Waals surface area (Å²) in [7, 11) is 0. The summed E-state index contributed by atoms with van der Waals surface area (Å²) in [6.07, 6.45) is 3.92. The molecule has 0 fully saturated rings. The first-order valence-electron chi connectivity index (χ1n) is 7.52. The number of nitro groups is 1. The number of nitro benzene ring substituents is 1. The van der Waals surface area contributed by atoms with Gasteiger partial charge in [0, 0.05) is 17.8 Å². The SMILES string of the molecule is Cc1cccc(N2C(Cl)=CC(c3ccc([N+](=O)[O-])cc3)=CC2C)n1. The normalized spacial score (nSPS) is 17.3. The van der Waals surface area contributed by atoms with Crippen LogP contribution in [0.15, 0.2) is 59.8 Å². The summed E-state index contributed by atoms with van der Waals surface area (Å²) in [5, 5.41) is 11.3. The lowest BCUT2D eigenvalue weighted by molar-refractivity contribution is -0.384. The molecule has 0 spiro atoms. The minimum absolute atomic E-state index is 0.0157. The molecule has 2 heterocycles. The highest BCUT2D eigenvalue weighted by atomic mass is 35.5. The van der Waals surface area contributed by atoms with Crippen LogP contribution in [0.5, 0.6) is 0 Å². The van der Waals surface area contributed by atoms with Crippen LogP contribution in [0.1, 0.15) is 18.2 Å². The number of aromatic nitrogens is 1. The number of nitrogens with zero attached hydrogens (tertiary/aromatic N) is 3. The molecule has 6 heteroatoms. The highest BCUT2D eigenvalue weighted by Crippen LogP contribution is 2.32. The summed E-state index contributed by atoms with van der Waals surface area (Å²) in [4.78, 5) is 16.8. The summed E-state index contributed by atoms with van der Waals surface area (Å²) in [5.74, 6) is 0.794. The van der Waals surface area contributed by atoms with Crippen molar-refractivity contribution in [3.05, 3.63) is 81.1 Å². The van der Waals surface area contributed by atoms with Crippen molar-refractivity contribution >= 4 is 28.7 Å². The van der Waals surface area contributed by atoms with Crippen LogP contribution in [0, 0.1) is 17.0 Å². The maximum Gasteiger partial charge on any atom is 0.269 e. The smallest absolute Gasteiger partial charge is 0.269 e. The predicted molar refractivity (Wildman–Crippen MR) is 95.9 cm³/mol. The molecule has 1 aromatic heterocycles. The van der Waals surface area contributed by atoms with Gasteiger partial charge in [0.2, 0.25) is 0 Å². The van der Waals surface area contributed by atoms with Crippen LogP contribution in [0.25, 0.3) is 5.57 Å². The van der Waals surface area contributed by atoms with Crippen LogP contribution in [0.4, 0.5) is 11.5 Å². The predicted octanol–water partition coefficient (Wildman–Crippen LogP) is 4.67. The summed E-state index contributed by atoms with van der Waals surface area (Å²) in [6.45, 7) is 3.97. The van der Waals surface area contributed by atoms with E-state index < -0.39 is 4.92 Å². The number of anilines is 1. The van der Waals surface area contributed by atoms with Crippen LogP contribution < -0.4 is 4.90 Å². The lowest BCUT2D eigenvalue weighted by Gasteiger charge is -2.31. The Kier molecular flexibility index (Phi) is 4.36. The van der Waals surface area contributed by atoms with E-state index in [1.54, 1.807) is 12.1 Å². The van der Waals surface area contributed by atoms with E-state index in [1.807, 2.05) is 43.0 Å². The molecular weight excluding hydrogens is 326 g/mol. The Morgan fingerprint density at radius 2 is 1.92 bits per heavy atom. The molecule has 0 amide bonds. The Morgan fingerprint density at radius 1 is 1.21 bits per heavy atom. The van der Waals surface area contributed by atoms with Gasteiger partial charge in [0.15, 0.2) is 0 Å². The van der Waals surface area contributed by atoms with Crippen LogP contribution in [0.3, 0.4) is 0 Å². The largest absolute Gasteiger partial charge is 0.310 e. The van der Waals surface area contributed by atoms with E-state index in [9.17, 15) is 10.1 Å². The summed E-state index contributed by atoms with van der Waals surface area (Å²) < 4.78 is 0. The minimum atomic E-state index is -0.407. The first kappa shape index (κ1) is 16.2. The second kappa shape index (κ2) is 6.45. The molecule has 1 atom stereocenters. The molecule has 0 radical (unpaired) electrons. The zero-order valence-corrected chi connectivity index (χ0v) is 14.1. The van der Waals surface area contributed by atoms with Gasteiger partial charge < -0.3 is 4.90 Å². The van der Waals surface area contributed by atoms with Gasteiger partial charge in [-0.1, -0.05) is 23.7 Å². The van der Waals surface area contributed by atoms with Gasteiger partial charge in [-0.05, 0) is 55.3 Å². The molecule has 1 aliphatic heterocycles. The number of rotatable bonds is 3. The topological polar surface area (TPSA) is 59.3 Å². The average molecular weight is 342 g/mol. The Bertz CT molecular complexity index is 844. The number of pyridine rings is 1. The van der Waals surface area contributed by atoms with E-state index in [0.717, 1.165) is 22.6 Å². The molecule has 1 unspecified atom stereocenters. The lowest BCUT2D eigenvalue weighted by atomic mass is 10.00. The second-order valence-electron chi connectivity index (χ2n) is 5.64. The van der Waals surface area contributed by atoms with Gasteiger partial charge in [0.05, 0.1) is 11.0 Å². The molecule has 0 saturated heterocycles. The maximum atomic E-state index is 10.8. The van der Waals surface area contributed by atoms with Crippen molar-refractivity contribution < 1.29 is 4.92 Å². The fourth-order valence-corrected chi connectivity index (χ4v) is 3.07. The molecule has 0 aliphatic carbocycles. The highest BCUT2D eigenvalue weighted by molar-refractivity contribution is 6.32. The van der Waals surface area contributed by atoms with E-state index >= 15 is 0 Å². The van der Waals surface area contributed by atoms with Crippen LogP contribution in [-0.4, -0.2) is 15.9 Å². The van der Waals surface area contributed by atoms with Gasteiger partial charge in [-0.3, -0.25) is 10.1 Å². The van der Waals surface area contributed by atoms with Crippen molar-refractivity contribution in [3.8, 4) is 0 Å². The highest BCUT2D eigenvalue weighted by Gasteiger charge is 2.22. The van der Waals surface area contributed by atoms with Crippen molar-refractivity contribution in [2.75, 3.05) is 4.90 Å². The van der Waals surface area contributed by atoms with E-state index in [0.29, 0.717) is 5.16 Å². The molecule has 1 aromatic carbocycles. The molecule has 3 rings (SSSR count). The number of non-ortho nitro benzene ring substituents is 1. The van der Waals surface area contributed by atoms with Gasteiger partial charge in [-0.2, -0.15) is 0 Å². The van der Waals surface area contributed by atoms with E-state index in [4.69, 9.17) is 11.6 Å². The quantitative estimate of drug-likeness (QED) is 0.462. The Morgan fingerprint density at radius 3 is 2.50 bits per heavy atom. The lowest BCUT2D eigenvalue weighted by Crippen LogP contribution is -2.32. The number of hydrogen-bond donors (Lipinski definition) is 0. The third-order valence-corrected chi connectivity index (χ3v) is 4.16. The van der Waals surface area contributed by atoms with Gasteiger partial charge >= 0.3 is 0 Å². The maximum absolute atomic E-state index is 10.8. The molecule has 0 bridgehead atoms. The zero-order valence-electron chi connectivity index (χ0n) is 13.3. The van der Waals surface area contributed by atoms with Gasteiger partial charge in [0.1, 0.15) is 11.0 Å².